The van der Waals surface area contributed by atoms with Crippen molar-refractivity contribution in [1.29, 1.82) is 0 Å². The van der Waals surface area contributed by atoms with E-state index in [-0.39, 0.29) is 11.6 Å². The second kappa shape index (κ2) is 7.19. The third-order valence-corrected chi connectivity index (χ3v) is 3.77. The molecule has 1 aromatic heterocycles. The van der Waals surface area contributed by atoms with Crippen LogP contribution in [0.1, 0.15) is 12.0 Å². The van der Waals surface area contributed by atoms with Gasteiger partial charge in [0.15, 0.2) is 0 Å². The minimum absolute atomic E-state index is 0.134. The summed E-state index contributed by atoms with van der Waals surface area (Å²) in [5.41, 5.74) is 7.57. The molecule has 0 aliphatic carbocycles. The van der Waals surface area contributed by atoms with Crippen LogP contribution in [-0.2, 0) is 11.3 Å². The van der Waals surface area contributed by atoms with Crippen molar-refractivity contribution < 1.29 is 9.18 Å². The van der Waals surface area contributed by atoms with E-state index >= 15 is 0 Å². The molecule has 1 aromatic carbocycles. The molecule has 0 spiro atoms. The molecule has 0 aliphatic heterocycles. The minimum Gasteiger partial charge on any atom is -0.397 e. The fourth-order valence-electron chi connectivity index (χ4n) is 1.93. The Morgan fingerprint density at radius 3 is 2.90 bits per heavy atom. The van der Waals surface area contributed by atoms with Crippen LogP contribution in [0.3, 0.4) is 0 Å². The number of carbonyl (C=O) groups is 1. The number of halogens is 1. The highest BCUT2D eigenvalue weighted by Gasteiger charge is 2.08. The van der Waals surface area contributed by atoms with Gasteiger partial charge in [-0.25, -0.2) is 4.39 Å². The highest BCUT2D eigenvalue weighted by molar-refractivity contribution is 7.07. The quantitative estimate of drug-likeness (QED) is 0.807. The maximum Gasteiger partial charge on any atom is 0.225 e. The molecule has 6 heteroatoms. The van der Waals surface area contributed by atoms with Gasteiger partial charge in [0.25, 0.3) is 0 Å². The van der Waals surface area contributed by atoms with Crippen molar-refractivity contribution in [2.75, 3.05) is 24.6 Å². The summed E-state index contributed by atoms with van der Waals surface area (Å²) in [6.45, 7) is 1.46. The maximum absolute atomic E-state index is 12.9. The van der Waals surface area contributed by atoms with Gasteiger partial charge in [-0.3, -0.25) is 4.79 Å². The van der Waals surface area contributed by atoms with E-state index in [2.05, 4.69) is 21.7 Å². The molecule has 112 valence electrons. The lowest BCUT2D eigenvalue weighted by Crippen LogP contribution is -2.24. The summed E-state index contributed by atoms with van der Waals surface area (Å²) >= 11 is 1.66. The topological polar surface area (TPSA) is 58.4 Å². The molecule has 2 rings (SSSR count). The van der Waals surface area contributed by atoms with Crippen molar-refractivity contribution in [1.82, 2.24) is 4.90 Å². The first kappa shape index (κ1) is 15.5. The van der Waals surface area contributed by atoms with Crippen LogP contribution in [0.4, 0.5) is 15.8 Å². The molecule has 2 aromatic rings. The van der Waals surface area contributed by atoms with Gasteiger partial charge in [-0.1, -0.05) is 0 Å². The molecule has 0 bridgehead atoms. The molecule has 0 unspecified atom stereocenters. The predicted octanol–water partition coefficient (Wildman–Crippen LogP) is 2.93. The van der Waals surface area contributed by atoms with Crippen molar-refractivity contribution in [3.8, 4) is 0 Å². The second-order valence-corrected chi connectivity index (χ2v) is 5.68. The number of nitrogens with zero attached hydrogens (tertiary/aromatic N) is 1. The molecular weight excluding hydrogens is 289 g/mol. The first-order chi connectivity index (χ1) is 10.0. The monoisotopic (exact) mass is 307 g/mol. The third-order valence-electron chi connectivity index (χ3n) is 3.04. The van der Waals surface area contributed by atoms with Gasteiger partial charge >= 0.3 is 0 Å². The van der Waals surface area contributed by atoms with Gasteiger partial charge in [-0.05, 0) is 47.6 Å². The zero-order valence-electron chi connectivity index (χ0n) is 11.8. The van der Waals surface area contributed by atoms with Gasteiger partial charge in [0.05, 0.1) is 11.4 Å². The second-order valence-electron chi connectivity index (χ2n) is 4.90. The van der Waals surface area contributed by atoms with Crippen LogP contribution in [0.15, 0.2) is 35.0 Å². The largest absolute Gasteiger partial charge is 0.397 e. The molecule has 1 amide bonds. The summed E-state index contributed by atoms with van der Waals surface area (Å²) in [5.74, 6) is -0.550. The average Bonchev–Trinajstić information content (AvgIpc) is 2.92. The van der Waals surface area contributed by atoms with E-state index in [1.54, 1.807) is 11.3 Å². The van der Waals surface area contributed by atoms with E-state index in [1.807, 2.05) is 12.4 Å². The van der Waals surface area contributed by atoms with Crippen molar-refractivity contribution in [3.63, 3.8) is 0 Å². The van der Waals surface area contributed by atoms with E-state index in [0.717, 1.165) is 6.54 Å². The molecule has 0 atom stereocenters. The summed E-state index contributed by atoms with van der Waals surface area (Å²) < 4.78 is 12.9. The van der Waals surface area contributed by atoms with Gasteiger partial charge in [0.1, 0.15) is 5.82 Å². The zero-order chi connectivity index (χ0) is 15.2. The van der Waals surface area contributed by atoms with Crippen LogP contribution in [0, 0.1) is 5.82 Å². The Balaban J connectivity index is 1.79. The first-order valence-electron chi connectivity index (χ1n) is 6.59. The SMILES string of the molecule is CN(CCC(=O)Nc1ccc(F)cc1N)Cc1ccsc1. The number of carbonyl (C=O) groups excluding carboxylic acids is 1. The van der Waals surface area contributed by atoms with E-state index < -0.39 is 5.82 Å². The average molecular weight is 307 g/mol. The Labute approximate surface area is 127 Å². The lowest BCUT2D eigenvalue weighted by atomic mass is 10.2. The number of hydrogen-bond donors (Lipinski definition) is 2. The molecule has 4 nitrogen and oxygen atoms in total. The molecule has 1 heterocycles. The van der Waals surface area contributed by atoms with Gasteiger partial charge in [-0.15, -0.1) is 0 Å². The lowest BCUT2D eigenvalue weighted by Gasteiger charge is -2.15. The Kier molecular flexibility index (Phi) is 5.30. The molecular formula is C15H18FN3OS. The third kappa shape index (κ3) is 4.84. The Hall–Kier alpha value is -1.92. The van der Waals surface area contributed by atoms with Crippen LogP contribution < -0.4 is 11.1 Å². The smallest absolute Gasteiger partial charge is 0.225 e. The number of anilines is 2. The van der Waals surface area contributed by atoms with E-state index in [1.165, 1.54) is 23.8 Å². The summed E-state index contributed by atoms with van der Waals surface area (Å²) in [4.78, 5) is 14.0. The van der Waals surface area contributed by atoms with Gasteiger partial charge in [-0.2, -0.15) is 11.3 Å². The van der Waals surface area contributed by atoms with E-state index in [9.17, 15) is 9.18 Å². The molecule has 0 saturated heterocycles. The van der Waals surface area contributed by atoms with Gasteiger partial charge in [0, 0.05) is 19.5 Å². The highest BCUT2D eigenvalue weighted by Crippen LogP contribution is 2.19. The number of rotatable bonds is 6. The number of nitrogens with one attached hydrogen (secondary N) is 1. The summed E-state index contributed by atoms with van der Waals surface area (Å²) in [7, 11) is 1.97. The molecule has 0 fully saturated rings. The number of amides is 1. The van der Waals surface area contributed by atoms with Crippen molar-refractivity contribution in [2.24, 2.45) is 0 Å². The Bertz CT molecular complexity index is 601. The summed E-state index contributed by atoms with van der Waals surface area (Å²) in [6.07, 6.45) is 0.359. The van der Waals surface area contributed by atoms with Crippen LogP contribution in [-0.4, -0.2) is 24.4 Å². The van der Waals surface area contributed by atoms with Crippen LogP contribution >= 0.6 is 11.3 Å². The maximum atomic E-state index is 12.9. The normalized spacial score (nSPS) is 10.8. The first-order valence-corrected chi connectivity index (χ1v) is 7.53. The van der Waals surface area contributed by atoms with Crippen molar-refractivity contribution in [3.05, 3.63) is 46.4 Å². The Morgan fingerprint density at radius 2 is 2.24 bits per heavy atom. The van der Waals surface area contributed by atoms with Gasteiger partial charge < -0.3 is 16.0 Å². The minimum atomic E-state index is -0.416. The van der Waals surface area contributed by atoms with Gasteiger partial charge in [0.2, 0.25) is 5.91 Å². The number of hydrogen-bond acceptors (Lipinski definition) is 4. The van der Waals surface area contributed by atoms with E-state index in [4.69, 9.17) is 5.73 Å². The van der Waals surface area contributed by atoms with Crippen LogP contribution in [0.2, 0.25) is 0 Å². The number of benzene rings is 1. The van der Waals surface area contributed by atoms with Crippen molar-refractivity contribution >= 4 is 28.6 Å². The summed E-state index contributed by atoms with van der Waals surface area (Å²) in [5, 5.41) is 6.82. The standard InChI is InChI=1S/C15H18FN3OS/c1-19(9-11-5-7-21-10-11)6-4-15(20)18-14-3-2-12(16)8-13(14)17/h2-3,5,7-8,10H,4,6,9,17H2,1H3,(H,18,20). The highest BCUT2D eigenvalue weighted by atomic mass is 32.1. The Morgan fingerprint density at radius 1 is 1.43 bits per heavy atom. The number of nitrogen functional groups attached to an aromatic ring is 1. The zero-order valence-corrected chi connectivity index (χ0v) is 12.6. The lowest BCUT2D eigenvalue weighted by molar-refractivity contribution is -0.116. The fourth-order valence-corrected chi connectivity index (χ4v) is 2.59. The van der Waals surface area contributed by atoms with E-state index in [0.29, 0.717) is 18.7 Å². The molecule has 0 saturated carbocycles. The molecule has 3 N–H and O–H groups in total. The molecule has 0 aliphatic rings. The van der Waals surface area contributed by atoms with Crippen molar-refractivity contribution in [2.45, 2.75) is 13.0 Å². The number of thiophene rings is 1. The molecule has 21 heavy (non-hydrogen) atoms. The fraction of sp³-hybridized carbons (Fsp3) is 0.267. The number of nitrogens with two attached hydrogens (primary N) is 1. The predicted molar refractivity (Wildman–Crippen MR) is 84.7 cm³/mol. The van der Waals surface area contributed by atoms with Crippen LogP contribution in [0.5, 0.6) is 0 Å². The summed E-state index contributed by atoms with van der Waals surface area (Å²) in [6, 6.07) is 6.01. The molecule has 0 radical (unpaired) electrons. The van der Waals surface area contributed by atoms with Crippen LogP contribution in [0.25, 0.3) is 0 Å².